The summed E-state index contributed by atoms with van der Waals surface area (Å²) in [5.41, 5.74) is 8.78. The third-order valence-electron chi connectivity index (χ3n) is 2.72. The Hall–Kier alpha value is -2.21. The zero-order valence-electron chi connectivity index (χ0n) is 10.00. The van der Waals surface area contributed by atoms with E-state index in [0.717, 1.165) is 22.6 Å². The predicted octanol–water partition coefficient (Wildman–Crippen LogP) is 0.662. The van der Waals surface area contributed by atoms with Gasteiger partial charge in [-0.25, -0.2) is 4.68 Å². The third-order valence-corrected chi connectivity index (χ3v) is 2.72. The number of carbonyl (C=O) groups is 1. The van der Waals surface area contributed by atoms with E-state index in [1.54, 1.807) is 16.8 Å². The lowest BCUT2D eigenvalue weighted by atomic mass is 10.1. The van der Waals surface area contributed by atoms with E-state index in [9.17, 15) is 4.79 Å². The van der Waals surface area contributed by atoms with Crippen LogP contribution in [-0.2, 0) is 17.8 Å². The molecule has 0 aliphatic heterocycles. The molecule has 1 heterocycles. The van der Waals surface area contributed by atoms with Crippen molar-refractivity contribution in [2.75, 3.05) is 0 Å². The zero-order valence-corrected chi connectivity index (χ0v) is 10.00. The summed E-state index contributed by atoms with van der Waals surface area (Å²) in [5, 5.41) is 16.7. The molecule has 0 amide bonds. The van der Waals surface area contributed by atoms with Crippen molar-refractivity contribution < 1.29 is 9.90 Å². The first-order valence-electron chi connectivity index (χ1n) is 5.54. The Kier molecular flexibility index (Phi) is 3.38. The van der Waals surface area contributed by atoms with Gasteiger partial charge in [-0.15, -0.1) is 5.10 Å². The van der Waals surface area contributed by atoms with Gasteiger partial charge in [0.25, 0.3) is 0 Å². The highest BCUT2D eigenvalue weighted by Crippen LogP contribution is 2.13. The first kappa shape index (κ1) is 12.3. The minimum Gasteiger partial charge on any atom is -0.481 e. The van der Waals surface area contributed by atoms with Gasteiger partial charge in [-0.05, 0) is 24.6 Å². The molecule has 0 spiro atoms. The van der Waals surface area contributed by atoms with Crippen LogP contribution in [0.3, 0.4) is 0 Å². The standard InChI is InChI=1S/C12H14N4O2/c1-8-11(7-13)14-15-16(8)10-4-2-9(3-5-10)6-12(17)18/h2-5H,6-7,13H2,1H3,(H,17,18). The molecule has 0 saturated carbocycles. The fraction of sp³-hybridized carbons (Fsp3) is 0.250. The van der Waals surface area contributed by atoms with Gasteiger partial charge in [0.2, 0.25) is 0 Å². The Bertz CT molecular complexity index is 560. The molecule has 2 rings (SSSR count). The monoisotopic (exact) mass is 246 g/mol. The van der Waals surface area contributed by atoms with Crippen LogP contribution < -0.4 is 5.73 Å². The molecule has 0 fully saturated rings. The van der Waals surface area contributed by atoms with E-state index in [1.807, 2.05) is 19.1 Å². The molecule has 18 heavy (non-hydrogen) atoms. The summed E-state index contributed by atoms with van der Waals surface area (Å²) in [4.78, 5) is 10.6. The molecule has 0 aliphatic carbocycles. The van der Waals surface area contributed by atoms with Gasteiger partial charge in [0, 0.05) is 6.54 Å². The van der Waals surface area contributed by atoms with E-state index in [0.29, 0.717) is 6.54 Å². The van der Waals surface area contributed by atoms with Crippen LogP contribution in [0.15, 0.2) is 24.3 Å². The number of rotatable bonds is 4. The molecule has 0 saturated heterocycles. The molecule has 0 aliphatic rings. The first-order valence-corrected chi connectivity index (χ1v) is 5.54. The van der Waals surface area contributed by atoms with Crippen molar-refractivity contribution in [2.24, 2.45) is 5.73 Å². The summed E-state index contributed by atoms with van der Waals surface area (Å²) in [5.74, 6) is -0.842. The van der Waals surface area contributed by atoms with Crippen LogP contribution in [0.1, 0.15) is 17.0 Å². The molecule has 0 bridgehead atoms. The van der Waals surface area contributed by atoms with Crippen molar-refractivity contribution in [1.29, 1.82) is 0 Å². The number of carboxylic acids is 1. The molecule has 2 aromatic rings. The molecule has 6 nitrogen and oxygen atoms in total. The van der Waals surface area contributed by atoms with Crippen molar-refractivity contribution in [3.8, 4) is 5.69 Å². The van der Waals surface area contributed by atoms with Gasteiger partial charge in [0.1, 0.15) is 0 Å². The van der Waals surface area contributed by atoms with Crippen LogP contribution in [0.2, 0.25) is 0 Å². The number of aliphatic carboxylic acids is 1. The summed E-state index contributed by atoms with van der Waals surface area (Å²) < 4.78 is 1.69. The van der Waals surface area contributed by atoms with Crippen molar-refractivity contribution in [1.82, 2.24) is 15.0 Å². The minimum atomic E-state index is -0.842. The average Bonchev–Trinajstić information content (AvgIpc) is 2.71. The van der Waals surface area contributed by atoms with Crippen molar-refractivity contribution in [2.45, 2.75) is 19.9 Å². The van der Waals surface area contributed by atoms with E-state index in [4.69, 9.17) is 10.8 Å². The number of hydrogen-bond donors (Lipinski definition) is 2. The highest BCUT2D eigenvalue weighted by atomic mass is 16.4. The second-order valence-electron chi connectivity index (χ2n) is 3.97. The number of benzene rings is 1. The first-order chi connectivity index (χ1) is 8.61. The summed E-state index contributed by atoms with van der Waals surface area (Å²) in [6, 6.07) is 7.18. The Morgan fingerprint density at radius 1 is 1.39 bits per heavy atom. The van der Waals surface area contributed by atoms with Gasteiger partial charge in [0.15, 0.2) is 0 Å². The molecule has 0 radical (unpaired) electrons. The molecule has 6 heteroatoms. The smallest absolute Gasteiger partial charge is 0.307 e. The number of nitrogens with zero attached hydrogens (tertiary/aromatic N) is 3. The SMILES string of the molecule is Cc1c(CN)nnn1-c1ccc(CC(=O)O)cc1. The molecule has 1 aromatic carbocycles. The molecule has 1 aromatic heterocycles. The summed E-state index contributed by atoms with van der Waals surface area (Å²) in [6.07, 6.45) is 0.0185. The van der Waals surface area contributed by atoms with Crippen molar-refractivity contribution in [3.63, 3.8) is 0 Å². The zero-order chi connectivity index (χ0) is 13.1. The van der Waals surface area contributed by atoms with Gasteiger partial charge in [-0.3, -0.25) is 4.79 Å². The third kappa shape index (κ3) is 2.38. The highest BCUT2D eigenvalue weighted by Gasteiger charge is 2.08. The van der Waals surface area contributed by atoms with Gasteiger partial charge in [-0.2, -0.15) is 0 Å². The fourth-order valence-corrected chi connectivity index (χ4v) is 1.72. The summed E-state index contributed by atoms with van der Waals surface area (Å²) in [6.45, 7) is 2.25. The molecule has 94 valence electrons. The van der Waals surface area contributed by atoms with Gasteiger partial charge in [-0.1, -0.05) is 17.3 Å². The second-order valence-corrected chi connectivity index (χ2v) is 3.97. The quantitative estimate of drug-likeness (QED) is 0.826. The molecular formula is C12H14N4O2. The van der Waals surface area contributed by atoms with E-state index >= 15 is 0 Å². The maximum Gasteiger partial charge on any atom is 0.307 e. The number of aromatic nitrogens is 3. The van der Waals surface area contributed by atoms with Gasteiger partial charge >= 0.3 is 5.97 Å². The lowest BCUT2D eigenvalue weighted by Crippen LogP contribution is -2.03. The topological polar surface area (TPSA) is 94.0 Å². The number of carboxylic acid groups (broad SMARTS) is 1. The van der Waals surface area contributed by atoms with Crippen LogP contribution in [0, 0.1) is 6.92 Å². The Labute approximate surface area is 104 Å². The largest absolute Gasteiger partial charge is 0.481 e. The van der Waals surface area contributed by atoms with Crippen LogP contribution in [0.5, 0.6) is 0 Å². The van der Waals surface area contributed by atoms with Crippen molar-refractivity contribution >= 4 is 5.97 Å². The summed E-state index contributed by atoms with van der Waals surface area (Å²) in [7, 11) is 0. The maximum absolute atomic E-state index is 10.6. The summed E-state index contributed by atoms with van der Waals surface area (Å²) >= 11 is 0. The molecular weight excluding hydrogens is 232 g/mol. The molecule has 0 atom stereocenters. The molecule has 3 N–H and O–H groups in total. The normalized spacial score (nSPS) is 10.6. The van der Waals surface area contributed by atoms with Gasteiger partial charge < -0.3 is 10.8 Å². The van der Waals surface area contributed by atoms with Crippen LogP contribution in [0.4, 0.5) is 0 Å². The number of nitrogens with two attached hydrogens (primary N) is 1. The Balaban J connectivity index is 2.28. The van der Waals surface area contributed by atoms with E-state index < -0.39 is 5.97 Å². The molecule has 0 unspecified atom stereocenters. The van der Waals surface area contributed by atoms with E-state index in [-0.39, 0.29) is 6.42 Å². The van der Waals surface area contributed by atoms with E-state index in [1.165, 1.54) is 0 Å². The average molecular weight is 246 g/mol. The Morgan fingerprint density at radius 3 is 2.56 bits per heavy atom. The van der Waals surface area contributed by atoms with Gasteiger partial charge in [0.05, 0.1) is 23.5 Å². The van der Waals surface area contributed by atoms with Crippen LogP contribution in [0.25, 0.3) is 5.69 Å². The van der Waals surface area contributed by atoms with Crippen LogP contribution >= 0.6 is 0 Å². The Morgan fingerprint density at radius 2 is 2.06 bits per heavy atom. The van der Waals surface area contributed by atoms with Crippen molar-refractivity contribution in [3.05, 3.63) is 41.2 Å². The lowest BCUT2D eigenvalue weighted by molar-refractivity contribution is -0.136. The second kappa shape index (κ2) is 4.97. The lowest BCUT2D eigenvalue weighted by Gasteiger charge is -2.04. The minimum absolute atomic E-state index is 0.0185. The highest BCUT2D eigenvalue weighted by molar-refractivity contribution is 5.70. The maximum atomic E-state index is 10.6. The van der Waals surface area contributed by atoms with Crippen LogP contribution in [-0.4, -0.2) is 26.1 Å². The van der Waals surface area contributed by atoms with E-state index in [2.05, 4.69) is 10.3 Å². The number of hydrogen-bond acceptors (Lipinski definition) is 4. The predicted molar refractivity (Wildman–Crippen MR) is 65.3 cm³/mol. The fourth-order valence-electron chi connectivity index (χ4n) is 1.72.